The van der Waals surface area contributed by atoms with Crippen LogP contribution in [-0.2, 0) is 17.3 Å². The number of aliphatic hydroxyl groups excluding tert-OH is 1. The minimum Gasteiger partial charge on any atom is -0.484 e. The van der Waals surface area contributed by atoms with Crippen molar-refractivity contribution in [1.29, 1.82) is 0 Å². The zero-order valence-corrected chi connectivity index (χ0v) is 23.3. The largest absolute Gasteiger partial charge is 0.586 e. The number of benzene rings is 2. The predicted octanol–water partition coefficient (Wildman–Crippen LogP) is 6.84. The molecule has 232 valence electrons. The molecule has 1 aliphatic carbocycles. The minimum absolute atomic E-state index is 0.0463. The van der Waals surface area contributed by atoms with E-state index in [2.05, 4.69) is 19.6 Å². The van der Waals surface area contributed by atoms with Crippen molar-refractivity contribution in [3.63, 3.8) is 0 Å². The van der Waals surface area contributed by atoms with Gasteiger partial charge in [-0.05, 0) is 62.1 Å². The highest BCUT2D eigenvalue weighted by Crippen LogP contribution is 2.44. The summed E-state index contributed by atoms with van der Waals surface area (Å²) in [5.41, 5.74) is 0.533. The summed E-state index contributed by atoms with van der Waals surface area (Å²) in [6.45, 7) is 1.66. The summed E-state index contributed by atoms with van der Waals surface area (Å²) in [5, 5.41) is 13.9. The number of pyridine rings is 1. The molecule has 2 aromatic carbocycles. The van der Waals surface area contributed by atoms with Crippen LogP contribution in [0.15, 0.2) is 60.8 Å². The molecule has 0 saturated carbocycles. The van der Waals surface area contributed by atoms with Gasteiger partial charge in [0.2, 0.25) is 5.88 Å². The Morgan fingerprint density at radius 1 is 1.02 bits per heavy atom. The van der Waals surface area contributed by atoms with E-state index in [0.717, 1.165) is 0 Å². The second kappa shape index (κ2) is 11.2. The molecule has 3 heterocycles. The molecule has 4 aromatic rings. The van der Waals surface area contributed by atoms with Crippen LogP contribution in [-0.4, -0.2) is 33.3 Å². The quantitative estimate of drug-likeness (QED) is 0.169. The average Bonchev–Trinajstić information content (AvgIpc) is 3.54. The number of halogens is 5. The Hall–Kier alpha value is -4.43. The van der Waals surface area contributed by atoms with Crippen molar-refractivity contribution in [3.05, 3.63) is 88.9 Å². The van der Waals surface area contributed by atoms with Gasteiger partial charge in [-0.15, -0.1) is 8.78 Å². The maximum absolute atomic E-state index is 14.1. The van der Waals surface area contributed by atoms with Crippen LogP contribution in [0.25, 0.3) is 5.69 Å². The molecule has 44 heavy (non-hydrogen) atoms. The number of aliphatic hydroxyl groups is 1. The van der Waals surface area contributed by atoms with Gasteiger partial charge in [0.1, 0.15) is 18.0 Å². The monoisotopic (exact) mass is 619 g/mol. The maximum Gasteiger partial charge on any atom is 0.586 e. The molecule has 3 atom stereocenters. The molecule has 0 spiro atoms. The summed E-state index contributed by atoms with van der Waals surface area (Å²) in [4.78, 5) is 4.19. The number of alkyl halides is 5. The number of nitrogens with zero attached hydrogens (tertiary/aromatic N) is 3. The van der Waals surface area contributed by atoms with Gasteiger partial charge in [-0.25, -0.2) is 9.67 Å². The molecular weight excluding hydrogens is 593 g/mol. The van der Waals surface area contributed by atoms with Crippen LogP contribution in [0.1, 0.15) is 66.3 Å². The SMILES string of the molecule is COC(O)c1ccc(O[C@@H]2CCCc3c(C(F)(F)F)nn(-c4ccnc(O[C@@H](C)c5ccc6c(c5)OC(F)(F)O6)c4)c32)cc1. The van der Waals surface area contributed by atoms with Crippen molar-refractivity contribution in [2.24, 2.45) is 0 Å². The van der Waals surface area contributed by atoms with E-state index in [1.807, 2.05) is 0 Å². The zero-order valence-electron chi connectivity index (χ0n) is 23.3. The third kappa shape index (κ3) is 5.86. The second-order valence-electron chi connectivity index (χ2n) is 10.3. The summed E-state index contributed by atoms with van der Waals surface area (Å²) in [6, 6.07) is 13.6. The lowest BCUT2D eigenvalue weighted by atomic mass is 9.93. The van der Waals surface area contributed by atoms with Gasteiger partial charge in [0.05, 0.1) is 11.4 Å². The van der Waals surface area contributed by atoms with E-state index in [-0.39, 0.29) is 40.7 Å². The normalized spacial score (nSPS) is 18.4. The van der Waals surface area contributed by atoms with E-state index in [1.54, 1.807) is 31.2 Å². The first-order chi connectivity index (χ1) is 20.9. The molecule has 9 nitrogen and oxygen atoms in total. The zero-order chi connectivity index (χ0) is 31.2. The van der Waals surface area contributed by atoms with Gasteiger partial charge in [0, 0.05) is 30.5 Å². The first-order valence-corrected chi connectivity index (χ1v) is 13.6. The number of fused-ring (bicyclic) bond motifs is 2. The van der Waals surface area contributed by atoms with Crippen molar-refractivity contribution in [2.45, 2.75) is 57.2 Å². The van der Waals surface area contributed by atoms with E-state index < -0.39 is 36.7 Å². The number of ether oxygens (including phenoxy) is 5. The van der Waals surface area contributed by atoms with Crippen LogP contribution in [0.2, 0.25) is 0 Å². The van der Waals surface area contributed by atoms with Gasteiger partial charge in [0.15, 0.2) is 23.5 Å². The Kier molecular flexibility index (Phi) is 7.58. The van der Waals surface area contributed by atoms with Gasteiger partial charge < -0.3 is 28.8 Å². The number of aromatic nitrogens is 3. The van der Waals surface area contributed by atoms with Gasteiger partial charge in [-0.3, -0.25) is 0 Å². The first kappa shape index (κ1) is 29.6. The number of rotatable bonds is 8. The van der Waals surface area contributed by atoms with E-state index in [9.17, 15) is 27.1 Å². The molecule has 0 amide bonds. The van der Waals surface area contributed by atoms with Crippen molar-refractivity contribution < 1.29 is 50.7 Å². The van der Waals surface area contributed by atoms with Crippen LogP contribution in [0.3, 0.4) is 0 Å². The smallest absolute Gasteiger partial charge is 0.484 e. The Balaban J connectivity index is 1.30. The second-order valence-corrected chi connectivity index (χ2v) is 10.3. The molecule has 0 saturated heterocycles. The molecule has 1 N–H and O–H groups in total. The average molecular weight is 620 g/mol. The molecule has 6 rings (SSSR count). The lowest BCUT2D eigenvalue weighted by Gasteiger charge is -2.26. The number of hydrogen-bond donors (Lipinski definition) is 1. The van der Waals surface area contributed by atoms with Gasteiger partial charge in [0.25, 0.3) is 0 Å². The van der Waals surface area contributed by atoms with Crippen LogP contribution in [0, 0.1) is 0 Å². The summed E-state index contributed by atoms with van der Waals surface area (Å²) >= 11 is 0. The molecule has 0 bridgehead atoms. The molecule has 0 fully saturated rings. The van der Waals surface area contributed by atoms with Crippen molar-refractivity contribution in [2.75, 3.05) is 7.11 Å². The molecule has 0 radical (unpaired) electrons. The fourth-order valence-electron chi connectivity index (χ4n) is 5.26. The topological polar surface area (TPSA) is 97.1 Å². The van der Waals surface area contributed by atoms with Gasteiger partial charge >= 0.3 is 12.5 Å². The molecule has 14 heteroatoms. The first-order valence-electron chi connectivity index (χ1n) is 13.6. The predicted molar refractivity (Wildman–Crippen MR) is 143 cm³/mol. The summed E-state index contributed by atoms with van der Waals surface area (Å²) in [7, 11) is 1.36. The molecule has 1 unspecified atom stereocenters. The molecular formula is C30H26F5N3O6. The van der Waals surface area contributed by atoms with E-state index >= 15 is 0 Å². The number of methoxy groups -OCH3 is 1. The van der Waals surface area contributed by atoms with Crippen LogP contribution in [0.5, 0.6) is 23.1 Å². The third-order valence-electron chi connectivity index (χ3n) is 7.31. The lowest BCUT2D eigenvalue weighted by Crippen LogP contribution is -2.25. The Morgan fingerprint density at radius 2 is 1.75 bits per heavy atom. The highest BCUT2D eigenvalue weighted by atomic mass is 19.4. The molecule has 2 aliphatic rings. The lowest BCUT2D eigenvalue weighted by molar-refractivity contribution is -0.286. The fourth-order valence-corrected chi connectivity index (χ4v) is 5.26. The Labute approximate surface area is 247 Å². The minimum atomic E-state index is -4.70. The highest BCUT2D eigenvalue weighted by Gasteiger charge is 2.44. The standard InChI is InChI=1S/C30H26F5N3O6/c1-16(18-8-11-22-24(14-18)44-30(34,35)43-22)41-25-15-19(12-13-36-25)38-26-21(27(37-38)29(31,32)33)4-3-5-23(26)42-20-9-6-17(7-10-20)28(39)40-2/h6-16,23,28,39H,3-5H2,1-2H3/t16-,23+,28?/m0/s1. The Bertz CT molecular complexity index is 1660. The molecule has 1 aliphatic heterocycles. The van der Waals surface area contributed by atoms with Crippen molar-refractivity contribution in [3.8, 4) is 28.8 Å². The van der Waals surface area contributed by atoms with Gasteiger partial charge in [-0.1, -0.05) is 18.2 Å². The summed E-state index contributed by atoms with van der Waals surface area (Å²) < 4.78 is 96.4. The third-order valence-corrected chi connectivity index (χ3v) is 7.31. The Morgan fingerprint density at radius 3 is 2.48 bits per heavy atom. The van der Waals surface area contributed by atoms with Crippen LogP contribution in [0.4, 0.5) is 22.0 Å². The van der Waals surface area contributed by atoms with E-state index in [4.69, 9.17) is 14.2 Å². The number of hydrogen-bond acceptors (Lipinski definition) is 8. The summed E-state index contributed by atoms with van der Waals surface area (Å²) in [5.74, 6) is 0.194. The fraction of sp³-hybridized carbons (Fsp3) is 0.333. The van der Waals surface area contributed by atoms with E-state index in [0.29, 0.717) is 29.7 Å². The van der Waals surface area contributed by atoms with Crippen molar-refractivity contribution in [1.82, 2.24) is 14.8 Å². The van der Waals surface area contributed by atoms with E-state index in [1.165, 1.54) is 48.3 Å². The molecule has 2 aromatic heterocycles. The summed E-state index contributed by atoms with van der Waals surface area (Å²) in [6.07, 6.45) is -8.62. The van der Waals surface area contributed by atoms with Crippen LogP contribution < -0.4 is 18.9 Å². The highest BCUT2D eigenvalue weighted by molar-refractivity contribution is 5.46. The van der Waals surface area contributed by atoms with Crippen molar-refractivity contribution >= 4 is 0 Å². The van der Waals surface area contributed by atoms with Gasteiger partial charge in [-0.2, -0.15) is 18.3 Å². The van der Waals surface area contributed by atoms with Crippen LogP contribution >= 0.6 is 0 Å². The maximum atomic E-state index is 14.1.